The second-order valence-corrected chi connectivity index (χ2v) is 6.02. The molecule has 0 aromatic carbocycles. The van der Waals surface area contributed by atoms with Crippen LogP contribution >= 0.6 is 0 Å². The maximum absolute atomic E-state index is 12.0. The van der Waals surface area contributed by atoms with Gasteiger partial charge in [0.2, 0.25) is 10.0 Å². The zero-order valence-corrected chi connectivity index (χ0v) is 11.4. The van der Waals surface area contributed by atoms with Gasteiger partial charge in [0.15, 0.2) is 0 Å². The topological polar surface area (TPSA) is 101 Å². The van der Waals surface area contributed by atoms with E-state index in [-0.39, 0.29) is 11.3 Å². The SMILES string of the molecule is CCCC(C)(NS(=O)(=O)c1cnn(C)c1)C(=O)O. The van der Waals surface area contributed by atoms with Crippen molar-refractivity contribution in [1.82, 2.24) is 14.5 Å². The molecule has 7 nitrogen and oxygen atoms in total. The van der Waals surface area contributed by atoms with Gasteiger partial charge in [-0.05, 0) is 13.3 Å². The molecule has 1 rings (SSSR count). The number of nitrogens with zero attached hydrogens (tertiary/aromatic N) is 2. The Morgan fingerprint density at radius 1 is 1.61 bits per heavy atom. The Bertz CT molecular complexity index is 537. The highest BCUT2D eigenvalue weighted by molar-refractivity contribution is 7.89. The van der Waals surface area contributed by atoms with Crippen molar-refractivity contribution in [2.24, 2.45) is 7.05 Å². The molecule has 18 heavy (non-hydrogen) atoms. The van der Waals surface area contributed by atoms with Crippen molar-refractivity contribution in [2.45, 2.75) is 37.1 Å². The van der Waals surface area contributed by atoms with Gasteiger partial charge in [0.1, 0.15) is 10.4 Å². The first-order valence-corrected chi connectivity index (χ1v) is 6.95. The van der Waals surface area contributed by atoms with Gasteiger partial charge in [-0.15, -0.1) is 0 Å². The van der Waals surface area contributed by atoms with Gasteiger partial charge in [-0.3, -0.25) is 9.48 Å². The molecular formula is C10H17N3O4S. The molecule has 1 aromatic rings. The maximum atomic E-state index is 12.0. The van der Waals surface area contributed by atoms with Crippen LogP contribution in [0.5, 0.6) is 0 Å². The molecule has 0 fully saturated rings. The first-order valence-electron chi connectivity index (χ1n) is 5.47. The normalized spacial score (nSPS) is 15.3. The fourth-order valence-electron chi connectivity index (χ4n) is 1.59. The molecule has 0 aliphatic rings. The number of hydrogen-bond acceptors (Lipinski definition) is 4. The second-order valence-electron chi connectivity index (χ2n) is 4.34. The summed E-state index contributed by atoms with van der Waals surface area (Å²) in [5, 5.41) is 12.9. The minimum absolute atomic E-state index is 0.0476. The number of carbonyl (C=O) groups is 1. The van der Waals surface area contributed by atoms with E-state index in [1.54, 1.807) is 14.0 Å². The second kappa shape index (κ2) is 5.07. The van der Waals surface area contributed by atoms with Crippen LogP contribution < -0.4 is 4.72 Å². The van der Waals surface area contributed by atoms with Gasteiger partial charge in [-0.2, -0.15) is 9.82 Å². The predicted octanol–water partition coefficient (Wildman–Crippen LogP) is 0.342. The zero-order chi connectivity index (χ0) is 14.0. The van der Waals surface area contributed by atoms with Gasteiger partial charge in [-0.1, -0.05) is 13.3 Å². The van der Waals surface area contributed by atoms with Gasteiger partial charge in [0, 0.05) is 13.2 Å². The quantitative estimate of drug-likeness (QED) is 0.779. The van der Waals surface area contributed by atoms with E-state index in [9.17, 15) is 13.2 Å². The molecule has 0 aliphatic carbocycles. The predicted molar refractivity (Wildman–Crippen MR) is 64.5 cm³/mol. The van der Waals surface area contributed by atoms with E-state index in [1.807, 2.05) is 0 Å². The molecule has 0 radical (unpaired) electrons. The molecule has 0 saturated heterocycles. The molecule has 2 N–H and O–H groups in total. The van der Waals surface area contributed by atoms with E-state index < -0.39 is 21.5 Å². The van der Waals surface area contributed by atoms with Crippen molar-refractivity contribution in [2.75, 3.05) is 0 Å². The summed E-state index contributed by atoms with van der Waals surface area (Å²) in [6.07, 6.45) is 3.26. The number of rotatable bonds is 6. The van der Waals surface area contributed by atoms with Gasteiger partial charge in [-0.25, -0.2) is 8.42 Å². The number of aromatic nitrogens is 2. The summed E-state index contributed by atoms with van der Waals surface area (Å²) in [5.74, 6) is -1.20. The lowest BCUT2D eigenvalue weighted by Gasteiger charge is -2.24. The first-order chi connectivity index (χ1) is 8.21. The molecular weight excluding hydrogens is 258 g/mol. The van der Waals surface area contributed by atoms with E-state index in [2.05, 4.69) is 9.82 Å². The highest BCUT2D eigenvalue weighted by Crippen LogP contribution is 2.17. The van der Waals surface area contributed by atoms with Crippen LogP contribution in [-0.4, -0.2) is 34.8 Å². The molecule has 0 saturated carbocycles. The van der Waals surface area contributed by atoms with Crippen LogP contribution in [0.1, 0.15) is 26.7 Å². The monoisotopic (exact) mass is 275 g/mol. The van der Waals surface area contributed by atoms with Crippen LogP contribution in [0.25, 0.3) is 0 Å². The van der Waals surface area contributed by atoms with Crippen LogP contribution in [-0.2, 0) is 21.9 Å². The van der Waals surface area contributed by atoms with Crippen molar-refractivity contribution in [3.8, 4) is 0 Å². The lowest BCUT2D eigenvalue weighted by Crippen LogP contribution is -2.51. The van der Waals surface area contributed by atoms with Gasteiger partial charge >= 0.3 is 5.97 Å². The standard InChI is InChI=1S/C10H17N3O4S/c1-4-5-10(2,9(14)15)12-18(16,17)8-6-11-13(3)7-8/h6-7,12H,4-5H2,1-3H3,(H,14,15). The summed E-state index contributed by atoms with van der Waals surface area (Å²) < 4.78 is 27.6. The Kier molecular flexibility index (Phi) is 4.12. The molecule has 1 unspecified atom stereocenters. The van der Waals surface area contributed by atoms with Crippen molar-refractivity contribution in [3.63, 3.8) is 0 Å². The van der Waals surface area contributed by atoms with Crippen molar-refractivity contribution in [1.29, 1.82) is 0 Å². The molecule has 1 aromatic heterocycles. The van der Waals surface area contributed by atoms with E-state index in [1.165, 1.54) is 24.0 Å². The highest BCUT2D eigenvalue weighted by Gasteiger charge is 2.37. The largest absolute Gasteiger partial charge is 0.480 e. The summed E-state index contributed by atoms with van der Waals surface area (Å²) in [6, 6.07) is 0. The van der Waals surface area contributed by atoms with E-state index in [0.29, 0.717) is 6.42 Å². The lowest BCUT2D eigenvalue weighted by molar-refractivity contribution is -0.143. The number of nitrogens with one attached hydrogen (secondary N) is 1. The third-order valence-electron chi connectivity index (χ3n) is 2.57. The summed E-state index contributed by atoms with van der Waals surface area (Å²) in [4.78, 5) is 11.1. The number of carboxylic acids is 1. The smallest absolute Gasteiger partial charge is 0.324 e. The number of carboxylic acid groups (broad SMARTS) is 1. The molecule has 8 heteroatoms. The van der Waals surface area contributed by atoms with Crippen LogP contribution in [0.3, 0.4) is 0 Å². The van der Waals surface area contributed by atoms with E-state index in [4.69, 9.17) is 5.11 Å². The molecule has 0 spiro atoms. The lowest BCUT2D eigenvalue weighted by atomic mass is 9.98. The molecule has 0 bridgehead atoms. The van der Waals surface area contributed by atoms with Gasteiger partial charge < -0.3 is 5.11 Å². The summed E-state index contributed by atoms with van der Waals surface area (Å²) >= 11 is 0. The molecule has 0 amide bonds. The fraction of sp³-hybridized carbons (Fsp3) is 0.600. The average Bonchev–Trinajstić information content (AvgIpc) is 2.64. The molecule has 0 aliphatic heterocycles. The van der Waals surface area contributed by atoms with Crippen molar-refractivity contribution in [3.05, 3.63) is 12.4 Å². The summed E-state index contributed by atoms with van der Waals surface area (Å²) in [6.45, 7) is 3.15. The summed E-state index contributed by atoms with van der Waals surface area (Å²) in [5.41, 5.74) is -1.51. The molecule has 102 valence electrons. The van der Waals surface area contributed by atoms with Crippen LogP contribution in [0.4, 0.5) is 0 Å². The number of aryl methyl sites for hydroxylation is 1. The maximum Gasteiger partial charge on any atom is 0.324 e. The zero-order valence-electron chi connectivity index (χ0n) is 10.5. The molecule has 1 atom stereocenters. The van der Waals surface area contributed by atoms with Crippen molar-refractivity contribution < 1.29 is 18.3 Å². The average molecular weight is 275 g/mol. The Balaban J connectivity index is 3.04. The van der Waals surface area contributed by atoms with Gasteiger partial charge in [0.25, 0.3) is 0 Å². The summed E-state index contributed by atoms with van der Waals surface area (Å²) in [7, 11) is -2.29. The van der Waals surface area contributed by atoms with Gasteiger partial charge in [0.05, 0.1) is 6.20 Å². The number of sulfonamides is 1. The molecule has 1 heterocycles. The van der Waals surface area contributed by atoms with Crippen LogP contribution in [0.15, 0.2) is 17.3 Å². The Morgan fingerprint density at radius 2 is 2.22 bits per heavy atom. The van der Waals surface area contributed by atoms with Crippen molar-refractivity contribution >= 4 is 16.0 Å². The highest BCUT2D eigenvalue weighted by atomic mass is 32.2. The fourth-order valence-corrected chi connectivity index (χ4v) is 2.97. The Morgan fingerprint density at radius 3 is 2.61 bits per heavy atom. The van der Waals surface area contributed by atoms with E-state index >= 15 is 0 Å². The minimum Gasteiger partial charge on any atom is -0.480 e. The van der Waals surface area contributed by atoms with Crippen LogP contribution in [0.2, 0.25) is 0 Å². The Hall–Kier alpha value is -1.41. The number of aliphatic carboxylic acids is 1. The minimum atomic E-state index is -3.88. The Labute approximate surface area is 106 Å². The third kappa shape index (κ3) is 3.08. The third-order valence-corrected chi connectivity index (χ3v) is 4.12. The first kappa shape index (κ1) is 14.7. The van der Waals surface area contributed by atoms with Crippen LogP contribution in [0, 0.1) is 0 Å². The van der Waals surface area contributed by atoms with E-state index in [0.717, 1.165) is 0 Å². The number of hydrogen-bond donors (Lipinski definition) is 2.